The molecule has 0 fully saturated rings. The molecule has 0 bridgehead atoms. The first kappa shape index (κ1) is 90.8. The molecular formula is C84H161NO8. The number of esters is 2. The number of rotatable bonds is 79. The topological polar surface area (TPSA) is 111 Å². The third-order valence-electron chi connectivity index (χ3n) is 19.2. The molecule has 550 valence electrons. The summed E-state index contributed by atoms with van der Waals surface area (Å²) in [7, 11) is 5.95. The molecule has 9 nitrogen and oxygen atoms in total. The zero-order valence-electron chi connectivity index (χ0n) is 63.2. The van der Waals surface area contributed by atoms with Gasteiger partial charge in [-0.1, -0.05) is 385 Å². The van der Waals surface area contributed by atoms with Crippen molar-refractivity contribution in [1.29, 1.82) is 0 Å². The van der Waals surface area contributed by atoms with Gasteiger partial charge in [0.25, 0.3) is 0 Å². The summed E-state index contributed by atoms with van der Waals surface area (Å²) in [5.41, 5.74) is 0. The van der Waals surface area contributed by atoms with E-state index in [1.54, 1.807) is 0 Å². The lowest BCUT2D eigenvalue weighted by Gasteiger charge is -2.26. The third-order valence-corrected chi connectivity index (χ3v) is 19.2. The van der Waals surface area contributed by atoms with E-state index >= 15 is 0 Å². The van der Waals surface area contributed by atoms with Gasteiger partial charge >= 0.3 is 11.9 Å². The number of carboxylic acids is 1. The van der Waals surface area contributed by atoms with Crippen molar-refractivity contribution < 1.29 is 42.9 Å². The predicted octanol–water partition coefficient (Wildman–Crippen LogP) is 25.2. The van der Waals surface area contributed by atoms with Crippen molar-refractivity contribution in [2.24, 2.45) is 0 Å². The Morgan fingerprint density at radius 2 is 0.548 bits per heavy atom. The Balaban J connectivity index is 3.91. The molecule has 0 saturated carbocycles. The molecule has 0 amide bonds. The highest BCUT2D eigenvalue weighted by Crippen LogP contribution is 2.20. The molecule has 0 rings (SSSR count). The second kappa shape index (κ2) is 75.5. The van der Waals surface area contributed by atoms with Crippen molar-refractivity contribution >= 4 is 17.9 Å². The van der Waals surface area contributed by atoms with E-state index < -0.39 is 24.3 Å². The molecule has 9 heteroatoms. The van der Waals surface area contributed by atoms with E-state index in [-0.39, 0.29) is 32.2 Å². The molecule has 2 unspecified atom stereocenters. The summed E-state index contributed by atoms with van der Waals surface area (Å²) < 4.78 is 22.9. The molecular weight excluding hydrogens is 1150 g/mol. The molecule has 0 aliphatic carbocycles. The lowest BCUT2D eigenvalue weighted by atomic mass is 10.0. The van der Waals surface area contributed by atoms with Crippen molar-refractivity contribution in [2.75, 3.05) is 47.5 Å². The highest BCUT2D eigenvalue weighted by Gasteiger charge is 2.22. The van der Waals surface area contributed by atoms with Crippen LogP contribution in [0.1, 0.15) is 438 Å². The molecule has 93 heavy (non-hydrogen) atoms. The van der Waals surface area contributed by atoms with Crippen LogP contribution < -0.4 is 5.11 Å². The van der Waals surface area contributed by atoms with E-state index in [1.807, 2.05) is 21.1 Å². The van der Waals surface area contributed by atoms with Gasteiger partial charge in [-0.3, -0.25) is 9.59 Å². The van der Waals surface area contributed by atoms with Crippen LogP contribution in [-0.4, -0.2) is 82.3 Å². The Labute approximate surface area is 579 Å². The minimum absolute atomic E-state index is 0.152. The summed E-state index contributed by atoms with van der Waals surface area (Å²) in [6, 6.07) is 0. The summed E-state index contributed by atoms with van der Waals surface area (Å²) in [6.07, 6.45) is 93.3. The van der Waals surface area contributed by atoms with Gasteiger partial charge < -0.3 is 33.3 Å². The third kappa shape index (κ3) is 77.0. The van der Waals surface area contributed by atoms with Gasteiger partial charge in [-0.25, -0.2) is 0 Å². The monoisotopic (exact) mass is 1310 g/mol. The molecule has 0 spiro atoms. The van der Waals surface area contributed by atoms with Crippen LogP contribution in [-0.2, 0) is 33.3 Å². The zero-order chi connectivity index (χ0) is 67.5. The van der Waals surface area contributed by atoms with E-state index in [2.05, 4.69) is 38.2 Å². The number of allylic oxidation sites excluding steroid dienone is 4. The fraction of sp³-hybridized carbons (Fsp3) is 0.917. The predicted molar refractivity (Wildman–Crippen MR) is 399 cm³/mol. The lowest BCUT2D eigenvalue weighted by molar-refractivity contribution is -0.870. The van der Waals surface area contributed by atoms with E-state index in [1.165, 1.54) is 372 Å². The number of carbonyl (C=O) groups is 3. The van der Waals surface area contributed by atoms with Gasteiger partial charge in [-0.05, 0) is 64.2 Å². The smallest absolute Gasteiger partial charge is 0.306 e. The molecule has 0 aromatic rings. The van der Waals surface area contributed by atoms with E-state index in [0.29, 0.717) is 17.4 Å². The number of hydrogen-bond acceptors (Lipinski definition) is 8. The first-order valence-electron chi connectivity index (χ1n) is 41.5. The SMILES string of the molecule is CCCCCCCCCC/C=C\CCCCCCCCCCCCCCCCCCCCCCCCCCCCCCCC(=O)OC(COC(=O)CCCCCCCCCCCCCCCCC/C=C\CCCCCCCCCC)COC(OCC[N+](C)(C)C)C(=O)[O-]. The minimum atomic E-state index is -1.62. The van der Waals surface area contributed by atoms with E-state index in [0.717, 1.165) is 38.5 Å². The van der Waals surface area contributed by atoms with Crippen molar-refractivity contribution in [3.05, 3.63) is 24.3 Å². The number of likely N-dealkylation sites (N-methyl/N-ethyl adjacent to an activating group) is 1. The quantitative estimate of drug-likeness (QED) is 0.0195. The van der Waals surface area contributed by atoms with Crippen LogP contribution in [0.5, 0.6) is 0 Å². The van der Waals surface area contributed by atoms with E-state index in [9.17, 15) is 19.5 Å². The average Bonchev–Trinajstić information content (AvgIpc) is 3.38. The molecule has 0 aromatic carbocycles. The molecule has 0 aromatic heterocycles. The first-order chi connectivity index (χ1) is 45.6. The molecule has 0 heterocycles. The zero-order valence-corrected chi connectivity index (χ0v) is 63.2. The second-order valence-corrected chi connectivity index (χ2v) is 29.8. The normalized spacial score (nSPS) is 12.7. The van der Waals surface area contributed by atoms with Crippen LogP contribution in [0.3, 0.4) is 0 Å². The average molecular weight is 1310 g/mol. The largest absolute Gasteiger partial charge is 0.545 e. The van der Waals surface area contributed by atoms with Crippen molar-refractivity contribution in [1.82, 2.24) is 0 Å². The van der Waals surface area contributed by atoms with Gasteiger partial charge in [0, 0.05) is 12.8 Å². The maximum Gasteiger partial charge on any atom is 0.306 e. The number of aliphatic carboxylic acids is 1. The summed E-state index contributed by atoms with van der Waals surface area (Å²) in [5, 5.41) is 11.9. The van der Waals surface area contributed by atoms with E-state index in [4.69, 9.17) is 18.9 Å². The summed E-state index contributed by atoms with van der Waals surface area (Å²) in [4.78, 5) is 37.6. The molecule has 0 aliphatic rings. The summed E-state index contributed by atoms with van der Waals surface area (Å²) >= 11 is 0. The van der Waals surface area contributed by atoms with Gasteiger partial charge in [0.1, 0.15) is 13.2 Å². The maximum atomic E-state index is 13.0. The van der Waals surface area contributed by atoms with Gasteiger partial charge in [0.15, 0.2) is 12.4 Å². The Morgan fingerprint density at radius 3 is 0.796 bits per heavy atom. The van der Waals surface area contributed by atoms with Crippen LogP contribution in [0.15, 0.2) is 24.3 Å². The van der Waals surface area contributed by atoms with Gasteiger partial charge in [0.05, 0.1) is 40.3 Å². The minimum Gasteiger partial charge on any atom is -0.545 e. The van der Waals surface area contributed by atoms with Crippen LogP contribution in [0.25, 0.3) is 0 Å². The fourth-order valence-electron chi connectivity index (χ4n) is 12.8. The van der Waals surface area contributed by atoms with Crippen LogP contribution in [0, 0.1) is 0 Å². The van der Waals surface area contributed by atoms with Crippen molar-refractivity contribution in [3.8, 4) is 0 Å². The highest BCUT2D eigenvalue weighted by atomic mass is 16.7. The number of carbonyl (C=O) groups excluding carboxylic acids is 3. The molecule has 0 saturated heterocycles. The lowest BCUT2D eigenvalue weighted by Crippen LogP contribution is -2.44. The van der Waals surface area contributed by atoms with Gasteiger partial charge in [-0.15, -0.1) is 0 Å². The number of unbranched alkanes of at least 4 members (excludes halogenated alkanes) is 60. The Bertz CT molecular complexity index is 1580. The van der Waals surface area contributed by atoms with Crippen LogP contribution >= 0.6 is 0 Å². The number of quaternary nitrogens is 1. The Kier molecular flexibility index (Phi) is 73.7. The van der Waals surface area contributed by atoms with Gasteiger partial charge in [-0.2, -0.15) is 0 Å². The van der Waals surface area contributed by atoms with Crippen molar-refractivity contribution in [2.45, 2.75) is 450 Å². The summed E-state index contributed by atoms with van der Waals surface area (Å²) in [5.74, 6) is -2.25. The number of carboxylic acid groups (broad SMARTS) is 1. The number of nitrogens with zero attached hydrogens (tertiary/aromatic N) is 1. The van der Waals surface area contributed by atoms with Crippen LogP contribution in [0.2, 0.25) is 0 Å². The summed E-state index contributed by atoms with van der Waals surface area (Å²) in [6.45, 7) is 4.83. The Hall–Kier alpha value is -2.23. The molecule has 2 atom stereocenters. The second-order valence-electron chi connectivity index (χ2n) is 29.8. The number of hydrogen-bond donors (Lipinski definition) is 0. The van der Waals surface area contributed by atoms with Crippen molar-refractivity contribution in [3.63, 3.8) is 0 Å². The van der Waals surface area contributed by atoms with Gasteiger partial charge in [0.2, 0.25) is 0 Å². The standard InChI is InChI=1S/C84H161NO8/c1-6-8-10-12-14-16-18-20-22-24-26-28-30-32-34-35-36-37-38-39-40-41-42-43-44-45-46-47-49-51-53-55-57-59-61-63-65-67-69-71-73-75-82(87)93-80(79-92-84(83(88)89)90-77-76-85(3,4)5)78-91-81(86)74-72-70-68-66-64-62-60-58-56-54-52-50-48-33-31-29-27-25-23-21-19-17-15-13-11-9-7-2/h24-27,80,84H,6-23,28-79H2,1-5H3/b26-24-,27-25-. The maximum absolute atomic E-state index is 13.0. The van der Waals surface area contributed by atoms with Crippen LogP contribution in [0.4, 0.5) is 0 Å². The Morgan fingerprint density at radius 1 is 0.312 bits per heavy atom. The fourth-order valence-corrected chi connectivity index (χ4v) is 12.8. The molecule has 0 radical (unpaired) electrons. The molecule has 0 N–H and O–H groups in total. The molecule has 0 aliphatic heterocycles. The number of ether oxygens (including phenoxy) is 4. The highest BCUT2D eigenvalue weighted by molar-refractivity contribution is 5.70. The first-order valence-corrected chi connectivity index (χ1v) is 41.5.